The second-order valence-corrected chi connectivity index (χ2v) is 7.05. The van der Waals surface area contributed by atoms with Crippen LogP contribution in [0.2, 0.25) is 5.02 Å². The van der Waals surface area contributed by atoms with Crippen molar-refractivity contribution in [3.63, 3.8) is 0 Å². The predicted octanol–water partition coefficient (Wildman–Crippen LogP) is 3.31. The first kappa shape index (κ1) is 16.8. The van der Waals surface area contributed by atoms with E-state index in [0.29, 0.717) is 17.0 Å². The standard InChI is InChI=1S/C20H17ClN2O3/c21-16-10-4-2-8-14(16)17(24)12-23-18(25)20(22-19(23)26)11-5-7-13-6-1-3-9-15(13)20/h1-4,6,8-10H,5,7,11-12H2,(H,22,26)/t20-/m1/s1. The van der Waals surface area contributed by atoms with Crippen molar-refractivity contribution in [1.29, 1.82) is 0 Å². The number of ketones is 1. The lowest BCUT2D eigenvalue weighted by Gasteiger charge is -2.33. The summed E-state index contributed by atoms with van der Waals surface area (Å²) < 4.78 is 0. The first-order chi connectivity index (χ1) is 12.5. The maximum absolute atomic E-state index is 13.2. The van der Waals surface area contributed by atoms with Crippen LogP contribution in [0, 0.1) is 0 Å². The van der Waals surface area contributed by atoms with E-state index < -0.39 is 11.6 Å². The number of Topliss-reactive ketones (excluding diaryl/α,β-unsaturated/α-hetero) is 1. The minimum atomic E-state index is -1.06. The summed E-state index contributed by atoms with van der Waals surface area (Å²) in [7, 11) is 0. The van der Waals surface area contributed by atoms with Gasteiger partial charge in [-0.15, -0.1) is 0 Å². The molecule has 1 saturated heterocycles. The topological polar surface area (TPSA) is 66.5 Å². The molecule has 1 aliphatic carbocycles. The van der Waals surface area contributed by atoms with E-state index in [-0.39, 0.29) is 18.2 Å². The number of fused-ring (bicyclic) bond motifs is 2. The number of benzene rings is 2. The molecule has 3 amide bonds. The summed E-state index contributed by atoms with van der Waals surface area (Å²) in [6.45, 7) is -0.321. The third kappa shape index (κ3) is 2.51. The first-order valence-electron chi connectivity index (χ1n) is 8.53. The number of nitrogens with zero attached hydrogens (tertiary/aromatic N) is 1. The number of amides is 3. The Bertz CT molecular complexity index is 927. The number of hydrogen-bond acceptors (Lipinski definition) is 3. The largest absolute Gasteiger partial charge is 0.325 e. The lowest BCUT2D eigenvalue weighted by atomic mass is 9.76. The van der Waals surface area contributed by atoms with E-state index in [1.807, 2.05) is 24.3 Å². The van der Waals surface area contributed by atoms with Crippen LogP contribution in [0.3, 0.4) is 0 Å². The number of hydrogen-bond donors (Lipinski definition) is 1. The Morgan fingerprint density at radius 2 is 1.85 bits per heavy atom. The van der Waals surface area contributed by atoms with Crippen molar-refractivity contribution in [1.82, 2.24) is 10.2 Å². The van der Waals surface area contributed by atoms with Crippen LogP contribution in [0.4, 0.5) is 4.79 Å². The highest BCUT2D eigenvalue weighted by Gasteiger charge is 2.54. The number of aryl methyl sites for hydroxylation is 1. The zero-order chi connectivity index (χ0) is 18.3. The van der Waals surface area contributed by atoms with Gasteiger partial charge in [0.05, 0.1) is 11.6 Å². The Hall–Kier alpha value is -2.66. The Morgan fingerprint density at radius 3 is 2.65 bits per heavy atom. The molecule has 1 N–H and O–H groups in total. The van der Waals surface area contributed by atoms with Gasteiger partial charge in [0.25, 0.3) is 5.91 Å². The van der Waals surface area contributed by atoms with Crippen LogP contribution in [-0.4, -0.2) is 29.2 Å². The molecule has 26 heavy (non-hydrogen) atoms. The fraction of sp³-hybridized carbons (Fsp3) is 0.250. The fourth-order valence-corrected chi connectivity index (χ4v) is 4.11. The van der Waals surface area contributed by atoms with Crippen LogP contribution in [0.1, 0.15) is 34.3 Å². The molecule has 6 heteroatoms. The van der Waals surface area contributed by atoms with Gasteiger partial charge < -0.3 is 5.32 Å². The molecule has 4 rings (SSSR count). The number of imide groups is 1. The molecule has 2 aliphatic rings. The Balaban J connectivity index is 1.65. The molecule has 1 aliphatic heterocycles. The van der Waals surface area contributed by atoms with Crippen LogP contribution < -0.4 is 5.32 Å². The summed E-state index contributed by atoms with van der Waals surface area (Å²) in [6, 6.07) is 13.7. The van der Waals surface area contributed by atoms with Gasteiger partial charge in [0, 0.05) is 5.56 Å². The lowest BCUT2D eigenvalue weighted by molar-refractivity contribution is -0.131. The molecule has 132 valence electrons. The number of carbonyl (C=O) groups excluding carboxylic acids is 3. The lowest BCUT2D eigenvalue weighted by Crippen LogP contribution is -2.46. The SMILES string of the molecule is O=C(CN1C(=O)N[C@@]2(CCCc3ccccc32)C1=O)c1ccccc1Cl. The third-order valence-electron chi connectivity index (χ3n) is 5.13. The molecular weight excluding hydrogens is 352 g/mol. The zero-order valence-corrected chi connectivity index (χ0v) is 14.8. The van der Waals surface area contributed by atoms with Gasteiger partial charge in [0.15, 0.2) is 5.78 Å². The normalized spacial score (nSPS) is 21.7. The molecule has 1 spiro atoms. The van der Waals surface area contributed by atoms with E-state index in [0.717, 1.165) is 28.9 Å². The summed E-state index contributed by atoms with van der Waals surface area (Å²) in [5, 5.41) is 3.16. The van der Waals surface area contributed by atoms with Crippen molar-refractivity contribution >= 4 is 29.3 Å². The molecule has 1 fully saturated rings. The maximum atomic E-state index is 13.2. The number of rotatable bonds is 3. The van der Waals surface area contributed by atoms with Crippen molar-refractivity contribution in [2.45, 2.75) is 24.8 Å². The molecule has 2 aromatic rings. The summed E-state index contributed by atoms with van der Waals surface area (Å²) in [4.78, 5) is 39.3. The molecule has 0 saturated carbocycles. The molecule has 0 radical (unpaired) electrons. The third-order valence-corrected chi connectivity index (χ3v) is 5.46. The van der Waals surface area contributed by atoms with Gasteiger partial charge in [0.1, 0.15) is 5.54 Å². The molecular formula is C20H17ClN2O3. The highest BCUT2D eigenvalue weighted by atomic mass is 35.5. The number of carbonyl (C=O) groups is 3. The van der Waals surface area contributed by atoms with Gasteiger partial charge in [0.2, 0.25) is 0 Å². The van der Waals surface area contributed by atoms with Gasteiger partial charge >= 0.3 is 6.03 Å². The second-order valence-electron chi connectivity index (χ2n) is 6.64. The minimum Gasteiger partial charge on any atom is -0.319 e. The molecule has 1 atom stereocenters. The quantitative estimate of drug-likeness (QED) is 0.667. The van der Waals surface area contributed by atoms with Crippen molar-refractivity contribution in [2.75, 3.05) is 6.54 Å². The molecule has 1 heterocycles. The van der Waals surface area contributed by atoms with Crippen LogP contribution in [-0.2, 0) is 16.8 Å². The molecule has 0 unspecified atom stereocenters. The monoisotopic (exact) mass is 368 g/mol. The first-order valence-corrected chi connectivity index (χ1v) is 8.91. The van der Waals surface area contributed by atoms with E-state index in [1.54, 1.807) is 24.3 Å². The van der Waals surface area contributed by atoms with Gasteiger partial charge in [-0.1, -0.05) is 48.0 Å². The van der Waals surface area contributed by atoms with E-state index in [2.05, 4.69) is 5.32 Å². The van der Waals surface area contributed by atoms with Gasteiger partial charge in [-0.25, -0.2) is 4.79 Å². The van der Waals surface area contributed by atoms with Gasteiger partial charge in [-0.05, 0) is 42.5 Å². The van der Waals surface area contributed by atoms with Crippen LogP contribution in [0.25, 0.3) is 0 Å². The Morgan fingerprint density at radius 1 is 1.12 bits per heavy atom. The minimum absolute atomic E-state index is 0.305. The van der Waals surface area contributed by atoms with Crippen LogP contribution >= 0.6 is 11.6 Å². The smallest absolute Gasteiger partial charge is 0.319 e. The van der Waals surface area contributed by atoms with E-state index in [9.17, 15) is 14.4 Å². The van der Waals surface area contributed by atoms with Crippen LogP contribution in [0.15, 0.2) is 48.5 Å². The molecule has 0 bridgehead atoms. The summed E-state index contributed by atoms with van der Waals surface area (Å²) in [5.74, 6) is -0.727. The van der Waals surface area contributed by atoms with Crippen molar-refractivity contribution in [3.05, 3.63) is 70.2 Å². The summed E-state index contributed by atoms with van der Waals surface area (Å²) in [6.07, 6.45) is 2.21. The highest BCUT2D eigenvalue weighted by molar-refractivity contribution is 6.34. The Kier molecular flexibility index (Phi) is 4.04. The highest BCUT2D eigenvalue weighted by Crippen LogP contribution is 2.39. The van der Waals surface area contributed by atoms with E-state index in [4.69, 9.17) is 11.6 Å². The molecule has 5 nitrogen and oxygen atoms in total. The van der Waals surface area contributed by atoms with Gasteiger partial charge in [-0.2, -0.15) is 0 Å². The number of nitrogens with one attached hydrogen (secondary N) is 1. The fourth-order valence-electron chi connectivity index (χ4n) is 3.87. The number of halogens is 1. The van der Waals surface area contributed by atoms with Crippen molar-refractivity contribution in [2.24, 2.45) is 0 Å². The van der Waals surface area contributed by atoms with E-state index >= 15 is 0 Å². The van der Waals surface area contributed by atoms with E-state index in [1.165, 1.54) is 0 Å². The maximum Gasteiger partial charge on any atom is 0.325 e. The van der Waals surface area contributed by atoms with Crippen LogP contribution in [0.5, 0.6) is 0 Å². The summed E-state index contributed by atoms with van der Waals surface area (Å²) in [5.41, 5.74) is 1.14. The second kappa shape index (κ2) is 6.25. The molecule has 0 aromatic heterocycles. The average molecular weight is 369 g/mol. The van der Waals surface area contributed by atoms with Gasteiger partial charge in [-0.3, -0.25) is 14.5 Å². The average Bonchev–Trinajstić information content (AvgIpc) is 2.87. The van der Waals surface area contributed by atoms with Crippen molar-refractivity contribution < 1.29 is 14.4 Å². The predicted molar refractivity (Wildman–Crippen MR) is 97.1 cm³/mol. The Labute approximate surface area is 155 Å². The number of urea groups is 1. The van der Waals surface area contributed by atoms with Crippen molar-refractivity contribution in [3.8, 4) is 0 Å². The summed E-state index contributed by atoms with van der Waals surface area (Å²) >= 11 is 6.06. The molecule has 2 aromatic carbocycles. The zero-order valence-electron chi connectivity index (χ0n) is 14.0.